The van der Waals surface area contributed by atoms with Crippen molar-refractivity contribution in [3.05, 3.63) is 40.5 Å². The van der Waals surface area contributed by atoms with E-state index >= 15 is 0 Å². The van der Waals surface area contributed by atoms with Gasteiger partial charge in [0.05, 0.1) is 12.1 Å². The van der Waals surface area contributed by atoms with E-state index in [9.17, 15) is 9.59 Å². The maximum absolute atomic E-state index is 12.5. The van der Waals surface area contributed by atoms with Gasteiger partial charge in [-0.3, -0.25) is 9.78 Å². The van der Waals surface area contributed by atoms with Gasteiger partial charge in [0.15, 0.2) is 0 Å². The van der Waals surface area contributed by atoms with Crippen LogP contribution in [0, 0.1) is 0 Å². The molecule has 1 aliphatic heterocycles. The van der Waals surface area contributed by atoms with Crippen molar-refractivity contribution < 1.29 is 14.3 Å². The van der Waals surface area contributed by atoms with Gasteiger partial charge >= 0.3 is 6.09 Å². The summed E-state index contributed by atoms with van der Waals surface area (Å²) in [5.74, 6) is -0.304. The number of hydrogen-bond donors (Lipinski definition) is 1. The Hall–Kier alpha value is -2.80. The molecule has 1 aromatic heterocycles. The lowest BCUT2D eigenvalue weighted by Crippen LogP contribution is -2.50. The maximum atomic E-state index is 12.5. The molecule has 1 aliphatic rings. The number of carbonyl (C=O) groups excluding carboxylic acids is 2. The lowest BCUT2D eigenvalue weighted by Gasteiger charge is -2.29. The van der Waals surface area contributed by atoms with Crippen LogP contribution in [0.1, 0.15) is 44.0 Å². The van der Waals surface area contributed by atoms with Gasteiger partial charge < -0.3 is 15.0 Å². The molecular weight excluding hydrogens is 336 g/mol. The van der Waals surface area contributed by atoms with Crippen molar-refractivity contribution in [2.75, 3.05) is 13.1 Å². The highest BCUT2D eigenvalue weighted by Crippen LogP contribution is 2.18. The first-order valence-electron chi connectivity index (χ1n) is 8.53. The molecule has 1 aromatic rings. The predicted octanol–water partition coefficient (Wildman–Crippen LogP) is 2.89. The van der Waals surface area contributed by atoms with Crippen LogP contribution in [0.15, 0.2) is 29.6 Å². The molecular formula is C17H24N6O3. The van der Waals surface area contributed by atoms with Gasteiger partial charge in [-0.1, -0.05) is 5.11 Å². The van der Waals surface area contributed by atoms with E-state index in [4.69, 9.17) is 10.3 Å². The zero-order valence-electron chi connectivity index (χ0n) is 15.3. The first kappa shape index (κ1) is 19.5. The molecule has 0 radical (unpaired) electrons. The normalized spacial score (nSPS) is 20.5. The number of ether oxygens (including phenoxy) is 1. The monoisotopic (exact) mass is 360 g/mol. The molecule has 140 valence electrons. The van der Waals surface area contributed by atoms with Crippen LogP contribution in [0.4, 0.5) is 4.79 Å². The molecule has 0 saturated carbocycles. The molecule has 9 heteroatoms. The number of aromatic nitrogens is 1. The third-order valence-electron chi connectivity index (χ3n) is 3.92. The zero-order chi connectivity index (χ0) is 19.2. The Kier molecular flexibility index (Phi) is 6.41. The number of hydrogen-bond acceptors (Lipinski definition) is 5. The zero-order valence-corrected chi connectivity index (χ0v) is 15.3. The Morgan fingerprint density at radius 3 is 2.69 bits per heavy atom. The minimum atomic E-state index is -0.608. The number of nitrogens with one attached hydrogen (secondary N) is 1. The second kappa shape index (κ2) is 8.53. The van der Waals surface area contributed by atoms with E-state index in [-0.39, 0.29) is 12.5 Å². The summed E-state index contributed by atoms with van der Waals surface area (Å²) in [6.45, 7) is 6.10. The fraction of sp³-hybridized carbons (Fsp3) is 0.588. The predicted molar refractivity (Wildman–Crippen MR) is 95.5 cm³/mol. The van der Waals surface area contributed by atoms with Crippen molar-refractivity contribution in [2.45, 2.75) is 51.3 Å². The molecule has 2 heterocycles. The SMILES string of the molecule is CC(C)(C)OC(=O)N1CCCC(N=[N+]=[N-])C(NC(=O)c2ccncc2)C1. The van der Waals surface area contributed by atoms with Crippen LogP contribution in [0.25, 0.3) is 10.4 Å². The first-order chi connectivity index (χ1) is 12.3. The lowest BCUT2D eigenvalue weighted by molar-refractivity contribution is 0.0241. The summed E-state index contributed by atoms with van der Waals surface area (Å²) in [6, 6.07) is 2.26. The standard InChI is InChI=1S/C17H24N6O3/c1-17(2,3)26-16(25)23-10-4-5-13(21-22-18)14(11-23)20-15(24)12-6-8-19-9-7-12/h6-9,13-14H,4-5,10-11H2,1-3H3,(H,20,24). The van der Waals surface area contributed by atoms with E-state index in [0.29, 0.717) is 24.9 Å². The van der Waals surface area contributed by atoms with E-state index in [0.717, 1.165) is 0 Å². The number of carbonyl (C=O) groups is 2. The van der Waals surface area contributed by atoms with Gasteiger partial charge in [0.2, 0.25) is 0 Å². The van der Waals surface area contributed by atoms with E-state index in [1.807, 2.05) is 0 Å². The Bertz CT molecular complexity index is 681. The van der Waals surface area contributed by atoms with Gasteiger partial charge in [0.25, 0.3) is 5.91 Å². The minimum absolute atomic E-state index is 0.218. The number of likely N-dealkylation sites (tertiary alicyclic amines) is 1. The molecule has 0 aliphatic carbocycles. The van der Waals surface area contributed by atoms with Gasteiger partial charge in [-0.2, -0.15) is 0 Å². The highest BCUT2D eigenvalue weighted by atomic mass is 16.6. The lowest BCUT2D eigenvalue weighted by atomic mass is 10.0. The van der Waals surface area contributed by atoms with Crippen molar-refractivity contribution in [1.82, 2.24) is 15.2 Å². The summed E-state index contributed by atoms with van der Waals surface area (Å²) in [5.41, 5.74) is 8.68. The Morgan fingerprint density at radius 2 is 2.08 bits per heavy atom. The molecule has 0 aromatic carbocycles. The van der Waals surface area contributed by atoms with E-state index < -0.39 is 23.8 Å². The van der Waals surface area contributed by atoms with Crippen molar-refractivity contribution in [2.24, 2.45) is 5.11 Å². The summed E-state index contributed by atoms with van der Waals surface area (Å²) in [5, 5.41) is 6.69. The Balaban J connectivity index is 2.15. The van der Waals surface area contributed by atoms with Crippen LogP contribution in [-0.2, 0) is 4.74 Å². The average molecular weight is 360 g/mol. The third kappa shape index (κ3) is 5.63. The van der Waals surface area contributed by atoms with Crippen molar-refractivity contribution in [3.8, 4) is 0 Å². The molecule has 1 saturated heterocycles. The molecule has 0 bridgehead atoms. The molecule has 1 N–H and O–H groups in total. The minimum Gasteiger partial charge on any atom is -0.444 e. The third-order valence-corrected chi connectivity index (χ3v) is 3.92. The van der Waals surface area contributed by atoms with Crippen molar-refractivity contribution >= 4 is 12.0 Å². The number of pyridine rings is 1. The van der Waals surface area contributed by atoms with E-state index in [2.05, 4.69) is 20.3 Å². The Labute approximate surface area is 152 Å². The molecule has 2 rings (SSSR count). The number of nitrogens with zero attached hydrogens (tertiary/aromatic N) is 5. The highest BCUT2D eigenvalue weighted by Gasteiger charge is 2.32. The summed E-state index contributed by atoms with van der Waals surface area (Å²) in [4.78, 5) is 33.2. The van der Waals surface area contributed by atoms with Gasteiger partial charge in [0, 0.05) is 36.0 Å². The average Bonchev–Trinajstić information content (AvgIpc) is 2.77. The molecule has 0 spiro atoms. The second-order valence-corrected chi connectivity index (χ2v) is 7.16. The number of azide groups is 1. The van der Waals surface area contributed by atoms with Crippen LogP contribution >= 0.6 is 0 Å². The van der Waals surface area contributed by atoms with Crippen LogP contribution in [0.2, 0.25) is 0 Å². The molecule has 9 nitrogen and oxygen atoms in total. The van der Waals surface area contributed by atoms with Crippen LogP contribution in [0.3, 0.4) is 0 Å². The number of rotatable bonds is 3. The molecule has 1 fully saturated rings. The summed E-state index contributed by atoms with van der Waals surface area (Å²) in [7, 11) is 0. The van der Waals surface area contributed by atoms with E-state index in [1.165, 1.54) is 12.4 Å². The largest absolute Gasteiger partial charge is 0.444 e. The van der Waals surface area contributed by atoms with Gasteiger partial charge in [-0.15, -0.1) is 0 Å². The second-order valence-electron chi connectivity index (χ2n) is 7.16. The highest BCUT2D eigenvalue weighted by molar-refractivity contribution is 5.94. The van der Waals surface area contributed by atoms with Gasteiger partial charge in [-0.25, -0.2) is 4.79 Å². The first-order valence-corrected chi connectivity index (χ1v) is 8.53. The van der Waals surface area contributed by atoms with Crippen LogP contribution in [0.5, 0.6) is 0 Å². The van der Waals surface area contributed by atoms with Crippen LogP contribution in [-0.4, -0.2) is 52.7 Å². The molecule has 26 heavy (non-hydrogen) atoms. The van der Waals surface area contributed by atoms with E-state index in [1.54, 1.807) is 37.8 Å². The quantitative estimate of drug-likeness (QED) is 0.506. The number of amides is 2. The van der Waals surface area contributed by atoms with Gasteiger partial charge in [-0.05, 0) is 51.3 Å². The van der Waals surface area contributed by atoms with Gasteiger partial charge in [0.1, 0.15) is 5.60 Å². The van der Waals surface area contributed by atoms with Crippen LogP contribution < -0.4 is 5.32 Å². The van der Waals surface area contributed by atoms with Crippen molar-refractivity contribution in [1.29, 1.82) is 0 Å². The fourth-order valence-corrected chi connectivity index (χ4v) is 2.74. The molecule has 2 unspecified atom stereocenters. The summed E-state index contributed by atoms with van der Waals surface area (Å²) >= 11 is 0. The summed E-state index contributed by atoms with van der Waals surface area (Å²) in [6.07, 6.45) is 3.84. The smallest absolute Gasteiger partial charge is 0.410 e. The maximum Gasteiger partial charge on any atom is 0.410 e. The molecule has 2 amide bonds. The fourth-order valence-electron chi connectivity index (χ4n) is 2.74. The Morgan fingerprint density at radius 1 is 1.38 bits per heavy atom. The topological polar surface area (TPSA) is 120 Å². The summed E-state index contributed by atoms with van der Waals surface area (Å²) < 4.78 is 5.43. The van der Waals surface area contributed by atoms with Crippen molar-refractivity contribution in [3.63, 3.8) is 0 Å². The molecule has 2 atom stereocenters.